The van der Waals surface area contributed by atoms with Crippen LogP contribution in [-0.4, -0.2) is 13.4 Å². The first-order valence-corrected chi connectivity index (χ1v) is 4.66. The van der Waals surface area contributed by atoms with Gasteiger partial charge in [-0.2, -0.15) is 4.18 Å². The van der Waals surface area contributed by atoms with E-state index in [0.717, 1.165) is 0 Å². The molecule has 0 saturated heterocycles. The maximum atomic E-state index is 5.16. The van der Waals surface area contributed by atoms with E-state index in [2.05, 4.69) is 18.4 Å². The second-order valence-corrected chi connectivity index (χ2v) is 3.65. The predicted molar refractivity (Wildman–Crippen MR) is 45.0 cm³/mol. The van der Waals surface area contributed by atoms with Gasteiger partial charge in [0, 0.05) is 0 Å². The summed E-state index contributed by atoms with van der Waals surface area (Å²) in [7, 11) is 1.73. The molecule has 0 bridgehead atoms. The summed E-state index contributed by atoms with van der Waals surface area (Å²) in [5, 5.41) is 0. The van der Waals surface area contributed by atoms with Gasteiger partial charge in [0.25, 0.3) is 0 Å². The molecule has 0 aliphatic carbocycles. The van der Waals surface area contributed by atoms with Crippen LogP contribution in [0.25, 0.3) is 0 Å². The Balaban J connectivity index is 2.75. The minimum atomic E-state index is -0.0404. The average molecular weight is 155 g/mol. The second-order valence-electron chi connectivity index (χ2n) is 1.93. The van der Waals surface area contributed by atoms with E-state index >= 15 is 0 Å². The first-order chi connectivity index (χ1) is 4.84. The first kappa shape index (κ1) is 7.63. The zero-order valence-electron chi connectivity index (χ0n) is 6.20. The Morgan fingerprint density at radius 2 is 1.80 bits per heavy atom. The van der Waals surface area contributed by atoms with Crippen LogP contribution in [0, 0.1) is 0 Å². The summed E-state index contributed by atoms with van der Waals surface area (Å²) in [5.41, 5.74) is 0. The van der Waals surface area contributed by atoms with Crippen LogP contribution in [0.1, 0.15) is 0 Å². The standard InChI is InChI=1S/C8H11OS/c1-9-10(2)8-6-4-3-5-7-8/h3-7H,1-2H3/q+1. The largest absolute Gasteiger partial charge is 0.189 e. The Morgan fingerprint density at radius 1 is 1.20 bits per heavy atom. The van der Waals surface area contributed by atoms with Crippen molar-refractivity contribution in [2.24, 2.45) is 0 Å². The molecule has 0 aromatic heterocycles. The predicted octanol–water partition coefficient (Wildman–Crippen LogP) is 1.85. The number of hydrogen-bond acceptors (Lipinski definition) is 1. The summed E-state index contributed by atoms with van der Waals surface area (Å²) >= 11 is -0.0404. The molecule has 54 valence electrons. The molecule has 0 heterocycles. The van der Waals surface area contributed by atoms with Gasteiger partial charge in [-0.15, -0.1) is 0 Å². The van der Waals surface area contributed by atoms with Crippen LogP contribution in [-0.2, 0) is 15.4 Å². The maximum absolute atomic E-state index is 5.16. The lowest BCUT2D eigenvalue weighted by Crippen LogP contribution is -2.00. The van der Waals surface area contributed by atoms with Gasteiger partial charge in [0.15, 0.2) is 16.1 Å². The van der Waals surface area contributed by atoms with Crippen molar-refractivity contribution in [2.75, 3.05) is 13.4 Å². The van der Waals surface area contributed by atoms with E-state index in [4.69, 9.17) is 4.18 Å². The van der Waals surface area contributed by atoms with Gasteiger partial charge in [0.2, 0.25) is 0 Å². The van der Waals surface area contributed by atoms with Crippen molar-refractivity contribution >= 4 is 11.2 Å². The second kappa shape index (κ2) is 3.64. The third kappa shape index (κ3) is 1.75. The zero-order chi connectivity index (χ0) is 7.40. The first-order valence-electron chi connectivity index (χ1n) is 3.10. The van der Waals surface area contributed by atoms with Gasteiger partial charge in [0.05, 0.1) is 7.11 Å². The molecule has 1 atom stereocenters. The quantitative estimate of drug-likeness (QED) is 0.592. The highest BCUT2D eigenvalue weighted by atomic mass is 32.2. The van der Waals surface area contributed by atoms with E-state index < -0.39 is 0 Å². The van der Waals surface area contributed by atoms with Crippen LogP contribution in [0.15, 0.2) is 35.2 Å². The molecule has 1 nitrogen and oxygen atoms in total. The molecule has 1 rings (SSSR count). The molecule has 2 heteroatoms. The molecule has 0 aliphatic rings. The Kier molecular flexibility index (Phi) is 2.78. The molecule has 1 aromatic carbocycles. The van der Waals surface area contributed by atoms with Gasteiger partial charge < -0.3 is 0 Å². The average Bonchev–Trinajstić information content (AvgIpc) is 2.05. The number of benzene rings is 1. The fourth-order valence-corrected chi connectivity index (χ4v) is 1.44. The van der Waals surface area contributed by atoms with E-state index in [-0.39, 0.29) is 11.2 Å². The van der Waals surface area contributed by atoms with Gasteiger partial charge in [-0.25, -0.2) is 0 Å². The van der Waals surface area contributed by atoms with Crippen LogP contribution in [0.3, 0.4) is 0 Å². The molecule has 0 saturated carbocycles. The van der Waals surface area contributed by atoms with Crippen molar-refractivity contribution in [3.63, 3.8) is 0 Å². The Hall–Kier alpha value is -0.470. The third-order valence-electron chi connectivity index (χ3n) is 1.33. The van der Waals surface area contributed by atoms with Gasteiger partial charge >= 0.3 is 0 Å². The van der Waals surface area contributed by atoms with Crippen molar-refractivity contribution in [1.29, 1.82) is 0 Å². The lowest BCUT2D eigenvalue weighted by Gasteiger charge is -1.94. The van der Waals surface area contributed by atoms with E-state index in [9.17, 15) is 0 Å². The molecule has 10 heavy (non-hydrogen) atoms. The molecule has 0 radical (unpaired) electrons. The van der Waals surface area contributed by atoms with Crippen molar-refractivity contribution in [3.05, 3.63) is 30.3 Å². The van der Waals surface area contributed by atoms with E-state index in [0.29, 0.717) is 0 Å². The molecule has 0 fully saturated rings. The molecular weight excluding hydrogens is 144 g/mol. The molecule has 0 N–H and O–H groups in total. The monoisotopic (exact) mass is 155 g/mol. The smallest absolute Gasteiger partial charge is 0.171 e. The van der Waals surface area contributed by atoms with Crippen LogP contribution in [0.4, 0.5) is 0 Å². The molecule has 0 spiro atoms. The summed E-state index contributed by atoms with van der Waals surface area (Å²) in [4.78, 5) is 1.25. The van der Waals surface area contributed by atoms with Gasteiger partial charge in [0.1, 0.15) is 6.26 Å². The highest BCUT2D eigenvalue weighted by Crippen LogP contribution is 2.09. The molecule has 0 aliphatic heterocycles. The Labute approximate surface area is 64.6 Å². The molecule has 1 unspecified atom stereocenters. The van der Waals surface area contributed by atoms with Crippen molar-refractivity contribution < 1.29 is 4.18 Å². The Morgan fingerprint density at radius 3 is 2.30 bits per heavy atom. The third-order valence-corrected chi connectivity index (χ3v) is 2.76. The minimum absolute atomic E-state index is 0.0404. The lowest BCUT2D eigenvalue weighted by molar-refractivity contribution is 0.475. The summed E-state index contributed by atoms with van der Waals surface area (Å²) < 4.78 is 5.16. The van der Waals surface area contributed by atoms with Gasteiger partial charge in [-0.05, 0) is 12.1 Å². The minimum Gasteiger partial charge on any atom is -0.171 e. The van der Waals surface area contributed by atoms with Crippen molar-refractivity contribution in [2.45, 2.75) is 4.90 Å². The van der Waals surface area contributed by atoms with Crippen LogP contribution in [0.2, 0.25) is 0 Å². The topological polar surface area (TPSA) is 9.23 Å². The van der Waals surface area contributed by atoms with E-state index in [1.807, 2.05) is 18.2 Å². The summed E-state index contributed by atoms with van der Waals surface area (Å²) in [6.07, 6.45) is 2.06. The normalized spacial score (nSPS) is 13.0. The Bertz CT molecular complexity index is 186. The van der Waals surface area contributed by atoms with Gasteiger partial charge in [-0.1, -0.05) is 18.2 Å². The fraction of sp³-hybridized carbons (Fsp3) is 0.250. The highest BCUT2D eigenvalue weighted by Gasteiger charge is 2.12. The van der Waals surface area contributed by atoms with Crippen molar-refractivity contribution in [1.82, 2.24) is 0 Å². The summed E-state index contributed by atoms with van der Waals surface area (Å²) in [5.74, 6) is 0. The molecule has 0 amide bonds. The van der Waals surface area contributed by atoms with Crippen LogP contribution < -0.4 is 0 Å². The lowest BCUT2D eigenvalue weighted by atomic mass is 10.4. The van der Waals surface area contributed by atoms with Crippen molar-refractivity contribution in [3.8, 4) is 0 Å². The summed E-state index contributed by atoms with van der Waals surface area (Å²) in [6, 6.07) is 10.2. The zero-order valence-corrected chi connectivity index (χ0v) is 7.02. The number of rotatable bonds is 2. The number of hydrogen-bond donors (Lipinski definition) is 0. The highest BCUT2D eigenvalue weighted by molar-refractivity contribution is 7.91. The van der Waals surface area contributed by atoms with Gasteiger partial charge in [-0.3, -0.25) is 0 Å². The maximum Gasteiger partial charge on any atom is 0.189 e. The van der Waals surface area contributed by atoms with Crippen LogP contribution >= 0.6 is 0 Å². The van der Waals surface area contributed by atoms with Crippen LogP contribution in [0.5, 0.6) is 0 Å². The van der Waals surface area contributed by atoms with E-state index in [1.165, 1.54) is 4.90 Å². The fourth-order valence-electron chi connectivity index (χ4n) is 0.708. The molecule has 1 aromatic rings. The van der Waals surface area contributed by atoms with E-state index in [1.54, 1.807) is 7.11 Å². The summed E-state index contributed by atoms with van der Waals surface area (Å²) in [6.45, 7) is 0. The molecular formula is C8H11OS+. The SMILES string of the molecule is CO[S+](C)c1ccccc1.